The molecule has 18 heavy (non-hydrogen) atoms. The Morgan fingerprint density at radius 1 is 1.39 bits per heavy atom. The number of nitrogens with one attached hydrogen (secondary N) is 1. The molecule has 0 bridgehead atoms. The zero-order valence-corrected chi connectivity index (χ0v) is 10.2. The van der Waals surface area contributed by atoms with E-state index < -0.39 is 5.82 Å². The maximum absolute atomic E-state index is 12.9. The molecule has 1 rings (SSSR count). The summed E-state index contributed by atoms with van der Waals surface area (Å²) in [5, 5.41) is 2.61. The molecule has 0 radical (unpaired) electrons. The third kappa shape index (κ3) is 4.95. The molecule has 0 aromatic heterocycles. The van der Waals surface area contributed by atoms with Crippen molar-refractivity contribution in [2.75, 3.05) is 13.2 Å². The summed E-state index contributed by atoms with van der Waals surface area (Å²) in [6.45, 7) is 2.45. The summed E-state index contributed by atoms with van der Waals surface area (Å²) in [4.78, 5) is 22.6. The number of amides is 1. The molecule has 5 heteroatoms. The van der Waals surface area contributed by atoms with Crippen molar-refractivity contribution in [3.63, 3.8) is 0 Å². The van der Waals surface area contributed by atoms with Crippen molar-refractivity contribution in [1.29, 1.82) is 0 Å². The average Bonchev–Trinajstić information content (AvgIpc) is 2.35. The third-order valence-corrected chi connectivity index (χ3v) is 2.24. The number of halogens is 1. The first-order valence-corrected chi connectivity index (χ1v) is 5.83. The molecule has 1 aromatic rings. The van der Waals surface area contributed by atoms with E-state index in [2.05, 4.69) is 5.32 Å². The fourth-order valence-electron chi connectivity index (χ4n) is 1.40. The first-order chi connectivity index (χ1) is 8.63. The number of carbonyl (C=O) groups is 2. The third-order valence-electron chi connectivity index (χ3n) is 2.24. The van der Waals surface area contributed by atoms with Crippen molar-refractivity contribution in [3.05, 3.63) is 35.6 Å². The van der Waals surface area contributed by atoms with Gasteiger partial charge in [-0.2, -0.15) is 0 Å². The van der Waals surface area contributed by atoms with Gasteiger partial charge in [0.25, 0.3) is 5.91 Å². The van der Waals surface area contributed by atoms with E-state index in [0.717, 1.165) is 0 Å². The second-order valence-electron chi connectivity index (χ2n) is 3.67. The zero-order chi connectivity index (χ0) is 13.4. The van der Waals surface area contributed by atoms with Crippen LogP contribution in [0.1, 0.15) is 30.1 Å². The predicted molar refractivity (Wildman–Crippen MR) is 64.6 cm³/mol. The number of esters is 1. The van der Waals surface area contributed by atoms with Gasteiger partial charge in [0.05, 0.1) is 6.61 Å². The maximum atomic E-state index is 12.9. The Bertz CT molecular complexity index is 420. The van der Waals surface area contributed by atoms with Crippen LogP contribution in [0, 0.1) is 5.82 Å². The van der Waals surface area contributed by atoms with Gasteiger partial charge < -0.3 is 10.1 Å². The lowest BCUT2D eigenvalue weighted by Crippen LogP contribution is -2.25. The Morgan fingerprint density at radius 2 is 2.17 bits per heavy atom. The maximum Gasteiger partial charge on any atom is 0.305 e. The Morgan fingerprint density at radius 3 is 2.83 bits per heavy atom. The number of hydrogen-bond donors (Lipinski definition) is 1. The molecular weight excluding hydrogens is 237 g/mol. The summed E-state index contributed by atoms with van der Waals surface area (Å²) < 4.78 is 17.6. The van der Waals surface area contributed by atoms with Gasteiger partial charge in [-0.15, -0.1) is 0 Å². The Kier molecular flexibility index (Phi) is 5.84. The van der Waals surface area contributed by atoms with Crippen molar-refractivity contribution in [1.82, 2.24) is 5.32 Å². The van der Waals surface area contributed by atoms with Crippen molar-refractivity contribution in [2.45, 2.75) is 19.8 Å². The Balaban J connectivity index is 2.27. The van der Waals surface area contributed by atoms with Crippen molar-refractivity contribution < 1.29 is 18.7 Å². The van der Waals surface area contributed by atoms with E-state index in [1.165, 1.54) is 24.3 Å². The molecule has 98 valence electrons. The van der Waals surface area contributed by atoms with Crippen molar-refractivity contribution in [3.8, 4) is 0 Å². The first kappa shape index (κ1) is 14.2. The highest BCUT2D eigenvalue weighted by Gasteiger charge is 2.06. The number of benzene rings is 1. The quantitative estimate of drug-likeness (QED) is 0.622. The molecule has 0 saturated heterocycles. The van der Waals surface area contributed by atoms with Crippen LogP contribution in [0.15, 0.2) is 24.3 Å². The standard InChI is InChI=1S/C13H16FNO3/c1-2-18-12(16)7-4-8-15-13(17)10-5-3-6-11(14)9-10/h3,5-6,9H,2,4,7-8H2,1H3,(H,15,17). The summed E-state index contributed by atoms with van der Waals surface area (Å²) >= 11 is 0. The van der Waals surface area contributed by atoms with Crippen LogP contribution in [0.2, 0.25) is 0 Å². The zero-order valence-electron chi connectivity index (χ0n) is 10.2. The van der Waals surface area contributed by atoms with Gasteiger partial charge in [0.1, 0.15) is 5.82 Å². The number of rotatable bonds is 6. The second kappa shape index (κ2) is 7.42. The molecule has 0 aliphatic carbocycles. The molecule has 0 fully saturated rings. The minimum Gasteiger partial charge on any atom is -0.466 e. The van der Waals surface area contributed by atoms with E-state index in [0.29, 0.717) is 19.6 Å². The predicted octanol–water partition coefficient (Wildman–Crippen LogP) is 1.90. The van der Waals surface area contributed by atoms with Crippen molar-refractivity contribution in [2.24, 2.45) is 0 Å². The minimum atomic E-state index is -0.450. The second-order valence-corrected chi connectivity index (χ2v) is 3.67. The average molecular weight is 253 g/mol. The highest BCUT2D eigenvalue weighted by atomic mass is 19.1. The fourth-order valence-corrected chi connectivity index (χ4v) is 1.40. The highest BCUT2D eigenvalue weighted by Crippen LogP contribution is 2.03. The van der Waals surface area contributed by atoms with Gasteiger partial charge in [0.15, 0.2) is 0 Å². The van der Waals surface area contributed by atoms with Crippen LogP contribution in [0.3, 0.4) is 0 Å². The summed E-state index contributed by atoms with van der Waals surface area (Å²) in [5.41, 5.74) is 0.270. The SMILES string of the molecule is CCOC(=O)CCCNC(=O)c1cccc(F)c1. The Labute approximate surface area is 105 Å². The molecule has 1 aromatic carbocycles. The van der Waals surface area contributed by atoms with E-state index in [4.69, 9.17) is 4.74 Å². The summed E-state index contributed by atoms with van der Waals surface area (Å²) in [5.74, 6) is -1.08. The minimum absolute atomic E-state index is 0.261. The van der Waals surface area contributed by atoms with Gasteiger partial charge >= 0.3 is 5.97 Å². The van der Waals surface area contributed by atoms with Crippen LogP contribution < -0.4 is 5.32 Å². The van der Waals surface area contributed by atoms with Crippen LogP contribution in [0.4, 0.5) is 4.39 Å². The van der Waals surface area contributed by atoms with Gasteiger partial charge in [-0.1, -0.05) is 6.07 Å². The number of carbonyl (C=O) groups excluding carboxylic acids is 2. The number of ether oxygens (including phenoxy) is 1. The Hall–Kier alpha value is -1.91. The summed E-state index contributed by atoms with van der Waals surface area (Å²) in [7, 11) is 0. The molecule has 1 amide bonds. The lowest BCUT2D eigenvalue weighted by atomic mass is 10.2. The van der Waals surface area contributed by atoms with Gasteiger partial charge in [0, 0.05) is 18.5 Å². The first-order valence-electron chi connectivity index (χ1n) is 5.83. The number of hydrogen-bond acceptors (Lipinski definition) is 3. The van der Waals surface area contributed by atoms with Crippen molar-refractivity contribution >= 4 is 11.9 Å². The topological polar surface area (TPSA) is 55.4 Å². The van der Waals surface area contributed by atoms with E-state index >= 15 is 0 Å². The summed E-state index contributed by atoms with van der Waals surface area (Å²) in [6, 6.07) is 5.45. The van der Waals surface area contributed by atoms with E-state index in [1.807, 2.05) is 0 Å². The van der Waals surface area contributed by atoms with Crippen LogP contribution >= 0.6 is 0 Å². The van der Waals surface area contributed by atoms with Gasteiger partial charge in [-0.05, 0) is 31.5 Å². The van der Waals surface area contributed by atoms with Crippen LogP contribution in [0.25, 0.3) is 0 Å². The van der Waals surface area contributed by atoms with Crippen LogP contribution in [-0.2, 0) is 9.53 Å². The molecular formula is C13H16FNO3. The molecule has 0 heterocycles. The lowest BCUT2D eigenvalue weighted by Gasteiger charge is -2.05. The summed E-state index contributed by atoms with van der Waals surface area (Å²) in [6.07, 6.45) is 0.761. The smallest absolute Gasteiger partial charge is 0.305 e. The molecule has 0 aliphatic rings. The molecule has 0 atom stereocenters. The molecule has 0 spiro atoms. The highest BCUT2D eigenvalue weighted by molar-refractivity contribution is 5.94. The monoisotopic (exact) mass is 253 g/mol. The van der Waals surface area contributed by atoms with Gasteiger partial charge in [0.2, 0.25) is 0 Å². The molecule has 0 saturated carbocycles. The van der Waals surface area contributed by atoms with Crippen LogP contribution in [-0.4, -0.2) is 25.0 Å². The lowest BCUT2D eigenvalue weighted by molar-refractivity contribution is -0.143. The van der Waals surface area contributed by atoms with Gasteiger partial charge in [-0.3, -0.25) is 9.59 Å². The van der Waals surface area contributed by atoms with Gasteiger partial charge in [-0.25, -0.2) is 4.39 Å². The van der Waals surface area contributed by atoms with E-state index in [9.17, 15) is 14.0 Å². The normalized spacial score (nSPS) is 9.89. The van der Waals surface area contributed by atoms with E-state index in [1.54, 1.807) is 6.92 Å². The molecule has 0 aliphatic heterocycles. The van der Waals surface area contributed by atoms with Crippen LogP contribution in [0.5, 0.6) is 0 Å². The molecule has 4 nitrogen and oxygen atoms in total. The fraction of sp³-hybridized carbons (Fsp3) is 0.385. The molecule has 1 N–H and O–H groups in total. The van der Waals surface area contributed by atoms with E-state index in [-0.39, 0.29) is 23.9 Å². The largest absolute Gasteiger partial charge is 0.466 e. The molecule has 0 unspecified atom stereocenters.